The summed E-state index contributed by atoms with van der Waals surface area (Å²) in [5, 5.41) is 3.27. The van der Waals surface area contributed by atoms with Crippen LogP contribution in [0.15, 0.2) is 27.2 Å². The smallest absolute Gasteiger partial charge is 0.396 e. The molecule has 1 aromatic heterocycles. The second-order valence-electron chi connectivity index (χ2n) is 3.54. The Kier molecular flexibility index (Phi) is 3.29. The van der Waals surface area contributed by atoms with Gasteiger partial charge in [-0.3, -0.25) is 0 Å². The number of benzene rings is 1. The SMILES string of the molecule is Nc1cc(-c2nc(CC(F)(F)F)no2)ccc1Br. The maximum atomic E-state index is 12.1. The minimum atomic E-state index is -4.36. The summed E-state index contributed by atoms with van der Waals surface area (Å²) in [4.78, 5) is 3.67. The largest absolute Gasteiger partial charge is 0.398 e. The van der Waals surface area contributed by atoms with Crippen molar-refractivity contribution in [1.29, 1.82) is 0 Å². The molecule has 8 heteroatoms. The number of anilines is 1. The fourth-order valence-electron chi connectivity index (χ4n) is 1.30. The van der Waals surface area contributed by atoms with E-state index in [1.54, 1.807) is 12.1 Å². The van der Waals surface area contributed by atoms with E-state index < -0.39 is 18.4 Å². The molecule has 0 bridgehead atoms. The van der Waals surface area contributed by atoms with Crippen LogP contribution in [0.3, 0.4) is 0 Å². The normalized spacial score (nSPS) is 11.8. The van der Waals surface area contributed by atoms with Crippen molar-refractivity contribution in [2.75, 3.05) is 5.73 Å². The lowest BCUT2D eigenvalue weighted by molar-refractivity contribution is -0.128. The Morgan fingerprint density at radius 1 is 1.33 bits per heavy atom. The minimum Gasteiger partial charge on any atom is -0.398 e. The van der Waals surface area contributed by atoms with E-state index in [0.717, 1.165) is 0 Å². The first-order chi connectivity index (χ1) is 8.35. The Balaban J connectivity index is 2.26. The number of rotatable bonds is 2. The Bertz CT molecular complexity index is 568. The maximum Gasteiger partial charge on any atom is 0.396 e. The van der Waals surface area contributed by atoms with Gasteiger partial charge in [0.25, 0.3) is 5.89 Å². The molecule has 2 aromatic rings. The van der Waals surface area contributed by atoms with Crippen LogP contribution in [0.25, 0.3) is 11.5 Å². The molecule has 1 heterocycles. The van der Waals surface area contributed by atoms with Crippen LogP contribution in [-0.2, 0) is 6.42 Å². The molecule has 18 heavy (non-hydrogen) atoms. The predicted octanol–water partition coefficient (Wildman–Crippen LogP) is 3.19. The average Bonchev–Trinajstić information content (AvgIpc) is 2.68. The van der Waals surface area contributed by atoms with Crippen molar-refractivity contribution >= 4 is 21.6 Å². The highest BCUT2D eigenvalue weighted by Gasteiger charge is 2.30. The highest BCUT2D eigenvalue weighted by Crippen LogP contribution is 2.27. The van der Waals surface area contributed by atoms with Gasteiger partial charge in [0, 0.05) is 15.7 Å². The van der Waals surface area contributed by atoms with Crippen LogP contribution < -0.4 is 5.73 Å². The molecular formula is C10H7BrF3N3O. The monoisotopic (exact) mass is 321 g/mol. The number of aromatic nitrogens is 2. The number of nitrogens with two attached hydrogens (primary N) is 1. The Morgan fingerprint density at radius 3 is 2.67 bits per heavy atom. The summed E-state index contributed by atoms with van der Waals surface area (Å²) in [7, 11) is 0. The zero-order chi connectivity index (χ0) is 13.3. The van der Waals surface area contributed by atoms with Crippen molar-refractivity contribution in [3.05, 3.63) is 28.5 Å². The molecule has 96 valence electrons. The first-order valence-corrected chi connectivity index (χ1v) is 5.59. The number of hydrogen-bond acceptors (Lipinski definition) is 4. The van der Waals surface area contributed by atoms with Crippen LogP contribution in [0.2, 0.25) is 0 Å². The molecule has 0 aliphatic rings. The molecule has 0 spiro atoms. The van der Waals surface area contributed by atoms with E-state index in [-0.39, 0.29) is 5.89 Å². The minimum absolute atomic E-state index is 0.00782. The quantitative estimate of drug-likeness (QED) is 0.863. The molecule has 0 aliphatic carbocycles. The second kappa shape index (κ2) is 4.60. The third-order valence-corrected chi connectivity index (χ3v) is 2.79. The zero-order valence-corrected chi connectivity index (χ0v) is 10.4. The van der Waals surface area contributed by atoms with E-state index in [4.69, 9.17) is 10.3 Å². The summed E-state index contributed by atoms with van der Waals surface area (Å²) in [6.07, 6.45) is -5.58. The molecule has 1 aromatic carbocycles. The van der Waals surface area contributed by atoms with Crippen LogP contribution in [0.5, 0.6) is 0 Å². The van der Waals surface area contributed by atoms with Crippen LogP contribution >= 0.6 is 15.9 Å². The summed E-state index contributed by atoms with van der Waals surface area (Å²) in [6.45, 7) is 0. The highest BCUT2D eigenvalue weighted by atomic mass is 79.9. The fraction of sp³-hybridized carbons (Fsp3) is 0.200. The van der Waals surface area contributed by atoms with E-state index in [1.807, 2.05) is 0 Å². The van der Waals surface area contributed by atoms with E-state index in [1.165, 1.54) is 6.07 Å². The van der Waals surface area contributed by atoms with E-state index in [0.29, 0.717) is 15.7 Å². The van der Waals surface area contributed by atoms with Crippen molar-refractivity contribution in [2.45, 2.75) is 12.6 Å². The molecule has 0 fully saturated rings. The molecule has 0 unspecified atom stereocenters. The van der Waals surface area contributed by atoms with Crippen molar-refractivity contribution in [3.8, 4) is 11.5 Å². The number of halogens is 4. The number of nitrogen functional groups attached to an aromatic ring is 1. The molecule has 2 N–H and O–H groups in total. The van der Waals surface area contributed by atoms with Crippen LogP contribution in [-0.4, -0.2) is 16.3 Å². The standard InChI is InChI=1S/C10H7BrF3N3O/c11-6-2-1-5(3-7(6)15)9-16-8(17-18-9)4-10(12,13)14/h1-3H,4,15H2. The van der Waals surface area contributed by atoms with E-state index in [9.17, 15) is 13.2 Å². The molecular weight excluding hydrogens is 315 g/mol. The van der Waals surface area contributed by atoms with Crippen molar-refractivity contribution in [2.24, 2.45) is 0 Å². The first kappa shape index (κ1) is 12.9. The van der Waals surface area contributed by atoms with Gasteiger partial charge in [-0.15, -0.1) is 0 Å². The third kappa shape index (κ3) is 3.00. The topological polar surface area (TPSA) is 64.9 Å². The number of nitrogens with zero attached hydrogens (tertiary/aromatic N) is 2. The van der Waals surface area contributed by atoms with E-state index in [2.05, 4.69) is 26.1 Å². The molecule has 0 saturated carbocycles. The Labute approximate surface area is 108 Å². The van der Waals surface area contributed by atoms with Crippen molar-refractivity contribution in [1.82, 2.24) is 10.1 Å². The molecule has 0 aliphatic heterocycles. The van der Waals surface area contributed by atoms with Gasteiger partial charge in [0.2, 0.25) is 0 Å². The van der Waals surface area contributed by atoms with Gasteiger partial charge in [0.05, 0.1) is 0 Å². The van der Waals surface area contributed by atoms with Gasteiger partial charge in [-0.1, -0.05) is 5.16 Å². The molecule has 0 radical (unpaired) electrons. The summed E-state index contributed by atoms with van der Waals surface area (Å²) in [5.41, 5.74) is 6.55. The fourth-order valence-corrected chi connectivity index (χ4v) is 1.55. The predicted molar refractivity (Wildman–Crippen MR) is 61.6 cm³/mol. The average molecular weight is 322 g/mol. The second-order valence-corrected chi connectivity index (χ2v) is 4.40. The molecule has 0 saturated heterocycles. The van der Waals surface area contributed by atoms with Gasteiger partial charge in [-0.2, -0.15) is 18.2 Å². The van der Waals surface area contributed by atoms with Crippen LogP contribution in [0.4, 0.5) is 18.9 Å². The van der Waals surface area contributed by atoms with Crippen molar-refractivity contribution in [3.63, 3.8) is 0 Å². The lowest BCUT2D eigenvalue weighted by Gasteiger charge is -2.00. The lowest BCUT2D eigenvalue weighted by Crippen LogP contribution is -2.12. The van der Waals surface area contributed by atoms with Gasteiger partial charge >= 0.3 is 6.18 Å². The van der Waals surface area contributed by atoms with Gasteiger partial charge in [-0.05, 0) is 34.1 Å². The Morgan fingerprint density at radius 2 is 2.06 bits per heavy atom. The van der Waals surface area contributed by atoms with Crippen molar-refractivity contribution < 1.29 is 17.7 Å². The third-order valence-electron chi connectivity index (χ3n) is 2.07. The number of alkyl halides is 3. The van der Waals surface area contributed by atoms with Gasteiger partial charge < -0.3 is 10.3 Å². The van der Waals surface area contributed by atoms with Gasteiger partial charge in [-0.25, -0.2) is 0 Å². The first-order valence-electron chi connectivity index (χ1n) is 4.80. The molecule has 4 nitrogen and oxygen atoms in total. The highest BCUT2D eigenvalue weighted by molar-refractivity contribution is 9.10. The summed E-state index contributed by atoms with van der Waals surface area (Å²) < 4.78 is 41.8. The maximum absolute atomic E-state index is 12.1. The molecule has 2 rings (SSSR count). The summed E-state index contributed by atoms with van der Waals surface area (Å²) in [5.74, 6) is -0.396. The molecule has 0 atom stereocenters. The van der Waals surface area contributed by atoms with Gasteiger partial charge in [0.15, 0.2) is 5.82 Å². The number of hydrogen-bond donors (Lipinski definition) is 1. The van der Waals surface area contributed by atoms with E-state index >= 15 is 0 Å². The van der Waals surface area contributed by atoms with Crippen LogP contribution in [0.1, 0.15) is 5.82 Å². The summed E-state index contributed by atoms with van der Waals surface area (Å²) in [6, 6.07) is 4.80. The lowest BCUT2D eigenvalue weighted by atomic mass is 10.2. The summed E-state index contributed by atoms with van der Waals surface area (Å²) >= 11 is 3.21. The molecule has 0 amide bonds. The van der Waals surface area contributed by atoms with Gasteiger partial charge in [0.1, 0.15) is 6.42 Å². The van der Waals surface area contributed by atoms with Crippen LogP contribution in [0, 0.1) is 0 Å². The Hall–Kier alpha value is -1.57. The zero-order valence-electron chi connectivity index (χ0n) is 8.83.